The molecule has 2 aromatic heterocycles. The lowest BCUT2D eigenvalue weighted by Crippen LogP contribution is -2.32. The van der Waals surface area contributed by atoms with Gasteiger partial charge in [0.1, 0.15) is 12.7 Å². The lowest BCUT2D eigenvalue weighted by atomic mass is 10.5. The average Bonchev–Trinajstić information content (AvgIpc) is 2.80. The molecule has 0 atom stereocenters. The highest BCUT2D eigenvalue weighted by molar-refractivity contribution is 5.78. The molecule has 2 rings (SSSR count). The van der Waals surface area contributed by atoms with E-state index in [2.05, 4.69) is 25.0 Å². The zero-order chi connectivity index (χ0) is 13.1. The van der Waals surface area contributed by atoms with E-state index in [1.807, 2.05) is 0 Å². The fourth-order valence-corrected chi connectivity index (χ4v) is 1.26. The Morgan fingerprint density at radius 1 is 1.44 bits per heavy atom. The SMILES string of the molecule is CN(CC(N)=O)c1nc(N)nc(-n2cncn2)n1. The highest BCUT2D eigenvalue weighted by Crippen LogP contribution is 2.08. The Kier molecular flexibility index (Phi) is 3.00. The summed E-state index contributed by atoms with van der Waals surface area (Å²) in [5.74, 6) is -0.0428. The van der Waals surface area contributed by atoms with Crippen molar-refractivity contribution in [1.29, 1.82) is 0 Å². The van der Waals surface area contributed by atoms with E-state index in [9.17, 15) is 4.79 Å². The summed E-state index contributed by atoms with van der Waals surface area (Å²) < 4.78 is 1.33. The summed E-state index contributed by atoms with van der Waals surface area (Å²) in [6.45, 7) is -0.0275. The fourth-order valence-electron chi connectivity index (χ4n) is 1.26. The summed E-state index contributed by atoms with van der Waals surface area (Å²) in [6.07, 6.45) is 2.76. The molecule has 18 heavy (non-hydrogen) atoms. The van der Waals surface area contributed by atoms with Crippen molar-refractivity contribution < 1.29 is 4.79 Å². The highest BCUT2D eigenvalue weighted by Gasteiger charge is 2.12. The molecule has 4 N–H and O–H groups in total. The van der Waals surface area contributed by atoms with Gasteiger partial charge in [-0.05, 0) is 0 Å². The summed E-state index contributed by atoms with van der Waals surface area (Å²) in [6, 6.07) is 0. The standard InChI is InChI=1S/C8H11N9O/c1-16(2-5(9)18)7-13-6(10)14-8(15-7)17-4-11-3-12-17/h3-4H,2H2,1H3,(H2,9,18)(H2,10,13,14,15). The van der Waals surface area contributed by atoms with Gasteiger partial charge in [-0.3, -0.25) is 4.79 Å². The van der Waals surface area contributed by atoms with Crippen LogP contribution in [0.2, 0.25) is 0 Å². The number of anilines is 2. The van der Waals surface area contributed by atoms with Crippen molar-refractivity contribution in [1.82, 2.24) is 29.7 Å². The molecule has 10 nitrogen and oxygen atoms in total. The largest absolute Gasteiger partial charge is 0.368 e. The first-order valence-corrected chi connectivity index (χ1v) is 4.92. The second-order valence-corrected chi connectivity index (χ2v) is 3.46. The molecule has 2 aromatic rings. The number of carbonyl (C=O) groups is 1. The average molecular weight is 249 g/mol. The molecular formula is C8H11N9O. The molecule has 0 unspecified atom stereocenters. The van der Waals surface area contributed by atoms with Crippen LogP contribution in [0.1, 0.15) is 0 Å². The number of nitrogens with zero attached hydrogens (tertiary/aromatic N) is 7. The van der Waals surface area contributed by atoms with Gasteiger partial charge in [0.15, 0.2) is 0 Å². The van der Waals surface area contributed by atoms with Crippen LogP contribution in [0.4, 0.5) is 11.9 Å². The van der Waals surface area contributed by atoms with Crippen molar-refractivity contribution in [2.24, 2.45) is 5.73 Å². The van der Waals surface area contributed by atoms with Gasteiger partial charge < -0.3 is 16.4 Å². The molecule has 0 aliphatic heterocycles. The van der Waals surface area contributed by atoms with E-state index in [0.29, 0.717) is 0 Å². The summed E-state index contributed by atoms with van der Waals surface area (Å²) in [5.41, 5.74) is 10.7. The first kappa shape index (κ1) is 11.7. The van der Waals surface area contributed by atoms with Gasteiger partial charge in [-0.15, -0.1) is 0 Å². The van der Waals surface area contributed by atoms with Crippen molar-refractivity contribution in [3.63, 3.8) is 0 Å². The number of aromatic nitrogens is 6. The third-order valence-electron chi connectivity index (χ3n) is 1.99. The molecule has 0 aliphatic rings. The van der Waals surface area contributed by atoms with Crippen molar-refractivity contribution in [3.8, 4) is 5.95 Å². The first-order chi connectivity index (χ1) is 8.56. The summed E-state index contributed by atoms with van der Waals surface area (Å²) in [4.78, 5) is 28.0. The number of nitrogens with two attached hydrogens (primary N) is 2. The lowest BCUT2D eigenvalue weighted by molar-refractivity contribution is -0.116. The molecule has 0 bridgehead atoms. The smallest absolute Gasteiger partial charge is 0.258 e. The third kappa shape index (κ3) is 2.48. The van der Waals surface area contributed by atoms with Gasteiger partial charge >= 0.3 is 0 Å². The van der Waals surface area contributed by atoms with Gasteiger partial charge in [-0.25, -0.2) is 4.98 Å². The predicted octanol–water partition coefficient (Wildman–Crippen LogP) is -2.04. The van der Waals surface area contributed by atoms with E-state index in [-0.39, 0.29) is 24.4 Å². The van der Waals surface area contributed by atoms with Crippen molar-refractivity contribution in [2.75, 3.05) is 24.2 Å². The Balaban J connectivity index is 2.35. The number of amides is 1. The van der Waals surface area contributed by atoms with Crippen molar-refractivity contribution in [3.05, 3.63) is 12.7 Å². The number of hydrogen-bond donors (Lipinski definition) is 2. The van der Waals surface area contributed by atoms with Crippen LogP contribution in [-0.2, 0) is 4.79 Å². The van der Waals surface area contributed by atoms with Crippen LogP contribution >= 0.6 is 0 Å². The Hall–Kier alpha value is -2.78. The Labute approximate surface area is 102 Å². The quantitative estimate of drug-likeness (QED) is 0.630. The van der Waals surface area contributed by atoms with Gasteiger partial charge in [0, 0.05) is 7.05 Å². The zero-order valence-corrected chi connectivity index (χ0v) is 9.56. The van der Waals surface area contributed by atoms with Crippen LogP contribution in [0.3, 0.4) is 0 Å². The molecule has 0 radical (unpaired) electrons. The number of nitrogen functional groups attached to an aromatic ring is 1. The molecule has 2 heterocycles. The molecule has 1 amide bonds. The van der Waals surface area contributed by atoms with Crippen molar-refractivity contribution >= 4 is 17.8 Å². The van der Waals surface area contributed by atoms with E-state index in [4.69, 9.17) is 11.5 Å². The van der Waals surface area contributed by atoms with Crippen LogP contribution in [0.25, 0.3) is 5.95 Å². The van der Waals surface area contributed by atoms with Gasteiger partial charge in [-0.1, -0.05) is 0 Å². The Morgan fingerprint density at radius 2 is 2.22 bits per heavy atom. The second-order valence-electron chi connectivity index (χ2n) is 3.46. The number of likely N-dealkylation sites (N-methyl/N-ethyl adjacent to an activating group) is 1. The highest BCUT2D eigenvalue weighted by atomic mass is 16.1. The summed E-state index contributed by atoms with van der Waals surface area (Å²) in [5, 5.41) is 3.88. The molecule has 0 aromatic carbocycles. The molecule has 0 fully saturated rings. The first-order valence-electron chi connectivity index (χ1n) is 4.92. The molecule has 94 valence electrons. The predicted molar refractivity (Wildman–Crippen MR) is 61.6 cm³/mol. The normalized spacial score (nSPS) is 10.3. The zero-order valence-electron chi connectivity index (χ0n) is 9.56. The van der Waals surface area contributed by atoms with Crippen LogP contribution in [-0.4, -0.2) is 49.2 Å². The number of carbonyl (C=O) groups excluding carboxylic acids is 1. The van der Waals surface area contributed by atoms with Gasteiger partial charge in [0.2, 0.25) is 17.8 Å². The summed E-state index contributed by atoms with van der Waals surface area (Å²) >= 11 is 0. The van der Waals surface area contributed by atoms with Gasteiger partial charge in [-0.2, -0.15) is 24.7 Å². The third-order valence-corrected chi connectivity index (χ3v) is 1.99. The van der Waals surface area contributed by atoms with Gasteiger partial charge in [0.05, 0.1) is 6.54 Å². The maximum atomic E-state index is 10.8. The van der Waals surface area contributed by atoms with Crippen LogP contribution in [0, 0.1) is 0 Å². The van der Waals surface area contributed by atoms with E-state index in [0.717, 1.165) is 0 Å². The summed E-state index contributed by atoms with van der Waals surface area (Å²) in [7, 11) is 1.62. The molecule has 10 heteroatoms. The van der Waals surface area contributed by atoms with Gasteiger partial charge in [0.25, 0.3) is 5.95 Å². The number of rotatable bonds is 4. The van der Waals surface area contributed by atoms with Crippen LogP contribution < -0.4 is 16.4 Å². The van der Waals surface area contributed by atoms with E-state index in [1.165, 1.54) is 22.2 Å². The lowest BCUT2D eigenvalue weighted by Gasteiger charge is -2.15. The van der Waals surface area contributed by atoms with E-state index < -0.39 is 5.91 Å². The topological polar surface area (TPSA) is 142 Å². The molecule has 0 saturated heterocycles. The maximum Gasteiger partial charge on any atom is 0.258 e. The minimum Gasteiger partial charge on any atom is -0.368 e. The van der Waals surface area contributed by atoms with Crippen LogP contribution in [0.15, 0.2) is 12.7 Å². The fraction of sp³-hybridized carbons (Fsp3) is 0.250. The monoisotopic (exact) mass is 249 g/mol. The molecule has 0 spiro atoms. The molecule has 0 saturated carbocycles. The van der Waals surface area contributed by atoms with E-state index >= 15 is 0 Å². The van der Waals surface area contributed by atoms with Crippen molar-refractivity contribution in [2.45, 2.75) is 0 Å². The molecular weight excluding hydrogens is 238 g/mol. The van der Waals surface area contributed by atoms with Crippen LogP contribution in [0.5, 0.6) is 0 Å². The Morgan fingerprint density at radius 3 is 2.83 bits per heavy atom. The Bertz CT molecular complexity index is 552. The second kappa shape index (κ2) is 4.61. The maximum absolute atomic E-state index is 10.8. The van der Waals surface area contributed by atoms with E-state index in [1.54, 1.807) is 7.05 Å². The minimum atomic E-state index is -0.501. The minimum absolute atomic E-state index is 0.0156. The molecule has 0 aliphatic carbocycles. The number of hydrogen-bond acceptors (Lipinski definition) is 8. The number of primary amides is 1.